The lowest BCUT2D eigenvalue weighted by atomic mass is 10.1. The maximum absolute atomic E-state index is 6.10. The molecule has 0 bridgehead atoms. The van der Waals surface area contributed by atoms with E-state index < -0.39 is 0 Å². The van der Waals surface area contributed by atoms with Gasteiger partial charge in [-0.3, -0.25) is 0 Å². The first-order valence-electron chi connectivity index (χ1n) is 4.28. The van der Waals surface area contributed by atoms with Crippen molar-refractivity contribution in [2.24, 2.45) is 0 Å². The zero-order valence-corrected chi connectivity index (χ0v) is 10.4. The predicted octanol–water partition coefficient (Wildman–Crippen LogP) is 4.28. The van der Waals surface area contributed by atoms with Gasteiger partial charge < -0.3 is 0 Å². The van der Waals surface area contributed by atoms with Crippen LogP contribution in [-0.4, -0.2) is 11.0 Å². The largest absolute Gasteiger partial charge is 0.0827 e. The molecule has 15 heavy (non-hydrogen) atoms. The third-order valence-corrected chi connectivity index (χ3v) is 2.86. The molecule has 0 aliphatic heterocycles. The highest BCUT2D eigenvalue weighted by atomic mass is 35.5. The van der Waals surface area contributed by atoms with E-state index in [4.69, 9.17) is 23.2 Å². The normalized spacial score (nSPS) is 9.47. The molecule has 0 N–H and O–H groups in total. The van der Waals surface area contributed by atoms with E-state index in [1.807, 2.05) is 42.5 Å². The van der Waals surface area contributed by atoms with Crippen molar-refractivity contribution in [2.75, 3.05) is 0 Å². The van der Waals surface area contributed by atoms with Gasteiger partial charge in [-0.1, -0.05) is 65.7 Å². The molecule has 0 spiro atoms. The summed E-state index contributed by atoms with van der Waals surface area (Å²) < 4.78 is 0. The van der Waals surface area contributed by atoms with Crippen molar-refractivity contribution >= 4 is 34.2 Å². The summed E-state index contributed by atoms with van der Waals surface area (Å²) in [6.45, 7) is 0. The van der Waals surface area contributed by atoms with Crippen molar-refractivity contribution in [2.45, 2.75) is 0 Å². The first kappa shape index (κ1) is 12.3. The van der Waals surface area contributed by atoms with E-state index >= 15 is 0 Å². The lowest BCUT2D eigenvalue weighted by molar-refractivity contribution is 1.62. The van der Waals surface area contributed by atoms with E-state index in [9.17, 15) is 0 Å². The van der Waals surface area contributed by atoms with Crippen LogP contribution in [0.15, 0.2) is 48.5 Å². The molecular weight excluding hydrogens is 243 g/mol. The lowest BCUT2D eigenvalue weighted by Gasteiger charge is -2.04. The van der Waals surface area contributed by atoms with E-state index in [0.29, 0.717) is 10.0 Å². The Morgan fingerprint density at radius 1 is 0.733 bits per heavy atom. The molecule has 0 amide bonds. The fourth-order valence-corrected chi connectivity index (χ4v) is 1.75. The monoisotopic (exact) mass is 250 g/mol. The maximum Gasteiger partial charge on any atom is 0.0670 e. The van der Waals surface area contributed by atoms with Gasteiger partial charge in [0, 0.05) is 16.5 Å². The van der Waals surface area contributed by atoms with E-state index in [0.717, 1.165) is 11.1 Å². The van der Waals surface area contributed by atoms with Gasteiger partial charge in [0.05, 0.1) is 10.0 Å². The van der Waals surface area contributed by atoms with Crippen molar-refractivity contribution in [1.29, 1.82) is 0 Å². The molecule has 2 aromatic carbocycles. The van der Waals surface area contributed by atoms with E-state index in [1.165, 1.54) is 0 Å². The van der Waals surface area contributed by atoms with Gasteiger partial charge >= 0.3 is 0 Å². The molecule has 4 radical (unpaired) electrons. The zero-order valence-electron chi connectivity index (χ0n) is 7.87. The highest BCUT2D eigenvalue weighted by molar-refractivity contribution is 6.43. The fourth-order valence-electron chi connectivity index (χ4n) is 1.34. The Kier molecular flexibility index (Phi) is 4.39. The Morgan fingerprint density at radius 3 is 2.07 bits per heavy atom. The molecule has 0 fully saturated rings. The summed E-state index contributed by atoms with van der Waals surface area (Å²) in [5.74, 6) is 0. The average Bonchev–Trinajstić information content (AvgIpc) is 2.23. The molecule has 0 saturated carbocycles. The summed E-state index contributed by atoms with van der Waals surface area (Å²) in [6.07, 6.45) is 0. The Bertz CT molecular complexity index is 441. The SMILES string of the molecule is Clc1cccc(-c2ccccc2)c1Cl.[Si]. The highest BCUT2D eigenvalue weighted by Crippen LogP contribution is 2.32. The number of halogens is 2. The van der Waals surface area contributed by atoms with Crippen LogP contribution in [0.25, 0.3) is 11.1 Å². The second kappa shape index (κ2) is 5.36. The summed E-state index contributed by atoms with van der Waals surface area (Å²) in [4.78, 5) is 0. The third kappa shape index (κ3) is 2.62. The fraction of sp³-hybridized carbons (Fsp3) is 0. The molecule has 0 heterocycles. The molecule has 0 atom stereocenters. The number of hydrogen-bond acceptors (Lipinski definition) is 0. The molecule has 2 aromatic rings. The molecule has 0 unspecified atom stereocenters. The van der Waals surface area contributed by atoms with Gasteiger partial charge in [-0.05, 0) is 11.6 Å². The van der Waals surface area contributed by atoms with Crippen LogP contribution in [0, 0.1) is 0 Å². The highest BCUT2D eigenvalue weighted by Gasteiger charge is 2.05. The summed E-state index contributed by atoms with van der Waals surface area (Å²) in [5.41, 5.74) is 2.06. The van der Waals surface area contributed by atoms with Crippen molar-refractivity contribution in [3.8, 4) is 11.1 Å². The zero-order chi connectivity index (χ0) is 9.97. The molecule has 0 aliphatic rings. The molecule has 0 aromatic heterocycles. The summed E-state index contributed by atoms with van der Waals surface area (Å²) in [7, 11) is 0. The van der Waals surface area contributed by atoms with Gasteiger partial charge in [-0.2, -0.15) is 0 Å². The predicted molar refractivity (Wildman–Crippen MR) is 67.7 cm³/mol. The van der Waals surface area contributed by atoms with Crippen LogP contribution in [0.2, 0.25) is 10.0 Å². The Labute approximate surface area is 104 Å². The van der Waals surface area contributed by atoms with E-state index in [2.05, 4.69) is 0 Å². The van der Waals surface area contributed by atoms with Gasteiger partial charge in [0.15, 0.2) is 0 Å². The van der Waals surface area contributed by atoms with Gasteiger partial charge in [-0.25, -0.2) is 0 Å². The summed E-state index contributed by atoms with van der Waals surface area (Å²) in [5, 5.41) is 1.20. The van der Waals surface area contributed by atoms with Crippen molar-refractivity contribution < 1.29 is 0 Å². The van der Waals surface area contributed by atoms with Crippen LogP contribution in [0.1, 0.15) is 0 Å². The lowest BCUT2D eigenvalue weighted by Crippen LogP contribution is -1.79. The topological polar surface area (TPSA) is 0 Å². The second-order valence-electron chi connectivity index (χ2n) is 2.97. The standard InChI is InChI=1S/C12H8Cl2.Si/c13-11-8-4-7-10(12(11)14)9-5-2-1-3-6-9;/h1-8H;. The Hall–Kier alpha value is -0.763. The van der Waals surface area contributed by atoms with Crippen molar-refractivity contribution in [3.63, 3.8) is 0 Å². The minimum atomic E-state index is 0. The molecule has 0 saturated heterocycles. The first-order chi connectivity index (χ1) is 6.79. The van der Waals surface area contributed by atoms with Crippen LogP contribution in [0.5, 0.6) is 0 Å². The molecule has 0 nitrogen and oxygen atoms in total. The minimum Gasteiger partial charge on any atom is -0.0827 e. The second-order valence-corrected chi connectivity index (χ2v) is 3.75. The quantitative estimate of drug-likeness (QED) is 0.663. The van der Waals surface area contributed by atoms with Crippen LogP contribution < -0.4 is 0 Å². The maximum atomic E-state index is 6.10. The van der Waals surface area contributed by atoms with E-state index in [-0.39, 0.29) is 11.0 Å². The van der Waals surface area contributed by atoms with Gasteiger partial charge in [-0.15, -0.1) is 0 Å². The van der Waals surface area contributed by atoms with Gasteiger partial charge in [0.25, 0.3) is 0 Å². The molecule has 0 aliphatic carbocycles. The number of hydrogen-bond donors (Lipinski definition) is 0. The van der Waals surface area contributed by atoms with Crippen LogP contribution in [0.3, 0.4) is 0 Å². The minimum absolute atomic E-state index is 0. The number of benzene rings is 2. The molecule has 2 rings (SSSR count). The van der Waals surface area contributed by atoms with E-state index in [1.54, 1.807) is 6.07 Å². The van der Waals surface area contributed by atoms with Gasteiger partial charge in [0.1, 0.15) is 0 Å². The van der Waals surface area contributed by atoms with Gasteiger partial charge in [0.2, 0.25) is 0 Å². The third-order valence-electron chi connectivity index (χ3n) is 2.04. The molecule has 74 valence electrons. The Morgan fingerprint density at radius 2 is 1.40 bits per heavy atom. The van der Waals surface area contributed by atoms with Crippen molar-refractivity contribution in [1.82, 2.24) is 0 Å². The Balaban J connectivity index is 0.00000112. The molecular formula is C12H8Cl2Si. The number of rotatable bonds is 1. The van der Waals surface area contributed by atoms with Crippen LogP contribution in [0.4, 0.5) is 0 Å². The summed E-state index contributed by atoms with van der Waals surface area (Å²) in [6, 6.07) is 15.6. The summed E-state index contributed by atoms with van der Waals surface area (Å²) >= 11 is 12.0. The molecule has 3 heteroatoms. The van der Waals surface area contributed by atoms with Crippen molar-refractivity contribution in [3.05, 3.63) is 58.6 Å². The van der Waals surface area contributed by atoms with Crippen LogP contribution >= 0.6 is 23.2 Å². The first-order valence-corrected chi connectivity index (χ1v) is 5.04. The smallest absolute Gasteiger partial charge is 0.0670 e. The average molecular weight is 251 g/mol. The van der Waals surface area contributed by atoms with Crippen LogP contribution in [-0.2, 0) is 0 Å².